The molecule has 2 rings (SSSR count). The predicted molar refractivity (Wildman–Crippen MR) is 82.5 cm³/mol. The Morgan fingerprint density at radius 3 is 2.33 bits per heavy atom. The summed E-state index contributed by atoms with van der Waals surface area (Å²) in [5.74, 6) is -0.433. The minimum Gasteiger partial charge on any atom is -0.399 e. The monoisotopic (exact) mass is 328 g/mol. The van der Waals surface area contributed by atoms with Crippen LogP contribution in [0, 0.1) is 5.82 Å². The average Bonchev–Trinajstić information content (AvgIpc) is 2.41. The largest absolute Gasteiger partial charge is 0.399 e. The molecule has 4 nitrogen and oxygen atoms in total. The number of sulfonamides is 1. The first-order chi connectivity index (χ1) is 9.86. The van der Waals surface area contributed by atoms with Crippen LogP contribution >= 0.6 is 11.6 Å². The number of nitrogen functional groups attached to an aromatic ring is 1. The van der Waals surface area contributed by atoms with Gasteiger partial charge in [-0.1, -0.05) is 11.6 Å². The van der Waals surface area contributed by atoms with Crippen molar-refractivity contribution >= 4 is 33.0 Å². The van der Waals surface area contributed by atoms with Crippen LogP contribution in [0.15, 0.2) is 47.4 Å². The van der Waals surface area contributed by atoms with E-state index in [2.05, 4.69) is 0 Å². The van der Waals surface area contributed by atoms with Crippen molar-refractivity contribution in [1.29, 1.82) is 0 Å². The molecule has 0 spiro atoms. The summed E-state index contributed by atoms with van der Waals surface area (Å²) < 4.78 is 39.5. The first-order valence-electron chi connectivity index (χ1n) is 6.19. The lowest BCUT2D eigenvalue weighted by molar-refractivity contribution is 0.591. The number of halogens is 2. The van der Waals surface area contributed by atoms with E-state index in [0.717, 1.165) is 4.31 Å². The van der Waals surface area contributed by atoms with Crippen molar-refractivity contribution in [2.45, 2.75) is 11.8 Å². The van der Waals surface area contributed by atoms with Crippen LogP contribution in [0.3, 0.4) is 0 Å². The highest BCUT2D eigenvalue weighted by molar-refractivity contribution is 7.93. The number of benzene rings is 2. The number of nitrogens with zero attached hydrogens (tertiary/aromatic N) is 1. The zero-order chi connectivity index (χ0) is 15.6. The van der Waals surface area contributed by atoms with Gasteiger partial charge in [-0.3, -0.25) is 4.31 Å². The van der Waals surface area contributed by atoms with E-state index in [1.807, 2.05) is 0 Å². The van der Waals surface area contributed by atoms with E-state index in [4.69, 9.17) is 17.3 Å². The van der Waals surface area contributed by atoms with Gasteiger partial charge < -0.3 is 5.73 Å². The first kappa shape index (κ1) is 15.6. The summed E-state index contributed by atoms with van der Waals surface area (Å²) in [4.78, 5) is -0.0375. The molecule has 112 valence electrons. The molecule has 0 heterocycles. The summed E-state index contributed by atoms with van der Waals surface area (Å²) in [5.41, 5.74) is 6.32. The van der Waals surface area contributed by atoms with Crippen LogP contribution < -0.4 is 10.0 Å². The fourth-order valence-electron chi connectivity index (χ4n) is 1.94. The standard InChI is InChI=1S/C14H14ClFN2O2S/c1-2-18(12-6-3-10(16)4-7-12)21(19,20)14-8-5-11(17)9-13(14)15/h3-9H,2,17H2,1H3. The van der Waals surface area contributed by atoms with Gasteiger partial charge in [0, 0.05) is 12.2 Å². The van der Waals surface area contributed by atoms with Crippen LogP contribution in [0.5, 0.6) is 0 Å². The predicted octanol–water partition coefficient (Wildman–Crippen LogP) is 3.28. The fourth-order valence-corrected chi connectivity index (χ4v) is 3.95. The molecule has 7 heteroatoms. The highest BCUT2D eigenvalue weighted by Crippen LogP contribution is 2.29. The number of anilines is 2. The van der Waals surface area contributed by atoms with Gasteiger partial charge in [-0.05, 0) is 49.4 Å². The van der Waals surface area contributed by atoms with Crippen LogP contribution in [-0.4, -0.2) is 15.0 Å². The Labute approximate surface area is 128 Å². The summed E-state index contributed by atoms with van der Waals surface area (Å²) in [6.07, 6.45) is 0. The smallest absolute Gasteiger partial charge is 0.265 e. The molecule has 0 radical (unpaired) electrons. The molecule has 2 aromatic rings. The molecule has 0 aliphatic rings. The van der Waals surface area contributed by atoms with Gasteiger partial charge in [0.1, 0.15) is 10.7 Å². The highest BCUT2D eigenvalue weighted by Gasteiger charge is 2.26. The molecule has 0 aliphatic carbocycles. The topological polar surface area (TPSA) is 63.4 Å². The number of hydrogen-bond donors (Lipinski definition) is 1. The Bertz CT molecular complexity index is 748. The van der Waals surface area contributed by atoms with Crippen LogP contribution in [0.1, 0.15) is 6.92 Å². The Morgan fingerprint density at radius 2 is 1.81 bits per heavy atom. The molecule has 21 heavy (non-hydrogen) atoms. The zero-order valence-corrected chi connectivity index (χ0v) is 12.8. The summed E-state index contributed by atoms with van der Waals surface area (Å²) >= 11 is 5.98. The second kappa shape index (κ2) is 5.91. The molecule has 0 atom stereocenters. The Morgan fingerprint density at radius 1 is 1.19 bits per heavy atom. The molecule has 0 fully saturated rings. The van der Waals surface area contributed by atoms with E-state index < -0.39 is 15.8 Å². The SMILES string of the molecule is CCN(c1ccc(F)cc1)S(=O)(=O)c1ccc(N)cc1Cl. The Kier molecular flexibility index (Phi) is 4.39. The normalized spacial score (nSPS) is 11.4. The van der Waals surface area contributed by atoms with Gasteiger partial charge in [0.2, 0.25) is 0 Å². The van der Waals surface area contributed by atoms with Crippen molar-refractivity contribution in [3.63, 3.8) is 0 Å². The molecule has 0 saturated heterocycles. The van der Waals surface area contributed by atoms with Crippen LogP contribution in [0.25, 0.3) is 0 Å². The van der Waals surface area contributed by atoms with Gasteiger partial charge in [-0.2, -0.15) is 0 Å². The van der Waals surface area contributed by atoms with E-state index in [0.29, 0.717) is 11.4 Å². The van der Waals surface area contributed by atoms with E-state index in [9.17, 15) is 12.8 Å². The summed E-state index contributed by atoms with van der Waals surface area (Å²) in [6.45, 7) is 1.88. The Balaban J connectivity index is 2.51. The molecule has 2 N–H and O–H groups in total. The summed E-state index contributed by atoms with van der Waals surface area (Å²) in [7, 11) is -3.84. The van der Waals surface area contributed by atoms with Gasteiger partial charge in [0.15, 0.2) is 0 Å². The minimum atomic E-state index is -3.84. The van der Waals surface area contributed by atoms with Crippen molar-refractivity contribution in [1.82, 2.24) is 0 Å². The van der Waals surface area contributed by atoms with Crippen LogP contribution in [0.2, 0.25) is 5.02 Å². The first-order valence-corrected chi connectivity index (χ1v) is 8.01. The third-order valence-electron chi connectivity index (χ3n) is 2.93. The zero-order valence-electron chi connectivity index (χ0n) is 11.3. The molecule has 0 aromatic heterocycles. The average molecular weight is 329 g/mol. The number of hydrogen-bond acceptors (Lipinski definition) is 3. The van der Waals surface area contributed by atoms with Crippen LogP contribution in [-0.2, 0) is 10.0 Å². The molecule has 0 saturated carbocycles. The van der Waals surface area contributed by atoms with Gasteiger partial charge in [-0.25, -0.2) is 12.8 Å². The fraction of sp³-hybridized carbons (Fsp3) is 0.143. The molecule has 0 unspecified atom stereocenters. The minimum absolute atomic E-state index is 0.0375. The van der Waals surface area contributed by atoms with Gasteiger partial charge in [0.05, 0.1) is 10.7 Å². The lowest BCUT2D eigenvalue weighted by atomic mass is 10.3. The highest BCUT2D eigenvalue weighted by atomic mass is 35.5. The lowest BCUT2D eigenvalue weighted by Gasteiger charge is -2.23. The molecular formula is C14H14ClFN2O2S. The van der Waals surface area contributed by atoms with E-state index >= 15 is 0 Å². The molecule has 0 amide bonds. The molecule has 0 aliphatic heterocycles. The van der Waals surface area contributed by atoms with E-state index in [1.54, 1.807) is 6.92 Å². The van der Waals surface area contributed by atoms with Crippen molar-refractivity contribution in [3.8, 4) is 0 Å². The van der Waals surface area contributed by atoms with Gasteiger partial charge >= 0.3 is 0 Å². The van der Waals surface area contributed by atoms with Crippen molar-refractivity contribution < 1.29 is 12.8 Å². The second-order valence-electron chi connectivity index (χ2n) is 4.34. The summed E-state index contributed by atoms with van der Waals surface area (Å²) in [5, 5.41) is 0.0514. The molecule has 0 bridgehead atoms. The van der Waals surface area contributed by atoms with Gasteiger partial charge in [0.25, 0.3) is 10.0 Å². The maximum Gasteiger partial charge on any atom is 0.265 e. The Hall–Kier alpha value is -1.79. The quantitative estimate of drug-likeness (QED) is 0.876. The lowest BCUT2D eigenvalue weighted by Crippen LogP contribution is -2.31. The number of nitrogens with two attached hydrogens (primary N) is 1. The van der Waals surface area contributed by atoms with Crippen molar-refractivity contribution in [2.24, 2.45) is 0 Å². The second-order valence-corrected chi connectivity index (χ2v) is 6.57. The third kappa shape index (κ3) is 3.11. The summed E-state index contributed by atoms with van der Waals surface area (Å²) in [6, 6.07) is 9.43. The molecular weight excluding hydrogens is 315 g/mol. The van der Waals surface area contributed by atoms with E-state index in [-0.39, 0.29) is 16.5 Å². The maximum absolute atomic E-state index is 13.0. The molecule has 2 aromatic carbocycles. The third-order valence-corrected chi connectivity index (χ3v) is 5.31. The van der Waals surface area contributed by atoms with Crippen molar-refractivity contribution in [2.75, 3.05) is 16.6 Å². The van der Waals surface area contributed by atoms with E-state index in [1.165, 1.54) is 42.5 Å². The van der Waals surface area contributed by atoms with Crippen molar-refractivity contribution in [3.05, 3.63) is 53.3 Å². The maximum atomic E-state index is 13.0. The van der Waals surface area contributed by atoms with Crippen LogP contribution in [0.4, 0.5) is 15.8 Å². The van der Waals surface area contributed by atoms with Gasteiger partial charge in [-0.15, -0.1) is 0 Å². The number of rotatable bonds is 4.